The monoisotopic (exact) mass is 279 g/mol. The number of amides is 1. The third kappa shape index (κ3) is 3.94. The number of carboxylic acid groups (broad SMARTS) is 1. The zero-order valence-corrected chi connectivity index (χ0v) is 12.1. The summed E-state index contributed by atoms with van der Waals surface area (Å²) < 4.78 is 0. The molecule has 0 aliphatic rings. The molecule has 1 aromatic rings. The molecular formula is C14H21N3O3. The van der Waals surface area contributed by atoms with Gasteiger partial charge in [0.05, 0.1) is 5.41 Å². The van der Waals surface area contributed by atoms with E-state index in [-0.39, 0.29) is 12.5 Å². The Labute approximate surface area is 118 Å². The van der Waals surface area contributed by atoms with Gasteiger partial charge < -0.3 is 15.7 Å². The Bertz CT molecular complexity index is 490. The van der Waals surface area contributed by atoms with E-state index in [9.17, 15) is 14.7 Å². The van der Waals surface area contributed by atoms with Crippen LogP contribution in [0.2, 0.25) is 0 Å². The van der Waals surface area contributed by atoms with Crippen LogP contribution < -0.4 is 10.6 Å². The predicted molar refractivity (Wildman–Crippen MR) is 76.8 cm³/mol. The number of nitrogens with one attached hydrogen (secondary N) is 2. The molecule has 1 heterocycles. The van der Waals surface area contributed by atoms with Gasteiger partial charge in [-0.1, -0.05) is 6.92 Å². The molecule has 1 unspecified atom stereocenters. The topological polar surface area (TPSA) is 91.3 Å². The van der Waals surface area contributed by atoms with Crippen LogP contribution in [0.15, 0.2) is 18.3 Å². The summed E-state index contributed by atoms with van der Waals surface area (Å²) in [7, 11) is 0. The molecule has 0 spiro atoms. The smallest absolute Gasteiger partial charge is 0.311 e. The van der Waals surface area contributed by atoms with Crippen molar-refractivity contribution in [1.29, 1.82) is 0 Å². The Morgan fingerprint density at radius 3 is 2.65 bits per heavy atom. The lowest BCUT2D eigenvalue weighted by molar-refractivity contribution is -0.147. The van der Waals surface area contributed by atoms with Gasteiger partial charge in [-0.25, -0.2) is 0 Å². The van der Waals surface area contributed by atoms with Crippen LogP contribution in [0.3, 0.4) is 0 Å². The van der Waals surface area contributed by atoms with Crippen LogP contribution in [-0.2, 0) is 4.79 Å². The van der Waals surface area contributed by atoms with E-state index in [1.165, 1.54) is 6.20 Å². The van der Waals surface area contributed by atoms with E-state index in [1.807, 2.05) is 13.8 Å². The van der Waals surface area contributed by atoms with E-state index < -0.39 is 11.4 Å². The van der Waals surface area contributed by atoms with Crippen LogP contribution in [0.5, 0.6) is 0 Å². The zero-order chi connectivity index (χ0) is 15.2. The molecule has 6 heteroatoms. The SMILES string of the molecule is CCNC(=O)c1cc(NCC(C)(CC)C(=O)O)ccn1. The maximum absolute atomic E-state index is 11.7. The summed E-state index contributed by atoms with van der Waals surface area (Å²) in [6.07, 6.45) is 2.04. The minimum absolute atomic E-state index is 0.243. The molecule has 110 valence electrons. The highest BCUT2D eigenvalue weighted by Crippen LogP contribution is 2.22. The molecule has 0 fully saturated rings. The number of anilines is 1. The standard InChI is InChI=1S/C14H21N3O3/c1-4-14(3,13(19)20)9-17-10-6-7-16-11(8-10)12(18)15-5-2/h6-8H,4-5,9H2,1-3H3,(H,15,18)(H,16,17)(H,19,20). The van der Waals surface area contributed by atoms with Crippen molar-refractivity contribution in [3.8, 4) is 0 Å². The lowest BCUT2D eigenvalue weighted by Gasteiger charge is -2.23. The van der Waals surface area contributed by atoms with Crippen LogP contribution in [-0.4, -0.2) is 35.1 Å². The van der Waals surface area contributed by atoms with Crippen molar-refractivity contribution in [3.05, 3.63) is 24.0 Å². The highest BCUT2D eigenvalue weighted by atomic mass is 16.4. The summed E-state index contributed by atoms with van der Waals surface area (Å²) in [6, 6.07) is 3.32. The van der Waals surface area contributed by atoms with Gasteiger partial charge in [0.25, 0.3) is 5.91 Å². The van der Waals surface area contributed by atoms with E-state index in [0.29, 0.717) is 24.3 Å². The fourth-order valence-corrected chi connectivity index (χ4v) is 1.56. The highest BCUT2D eigenvalue weighted by molar-refractivity contribution is 5.93. The van der Waals surface area contributed by atoms with Crippen LogP contribution in [0.25, 0.3) is 0 Å². The van der Waals surface area contributed by atoms with Crippen molar-refractivity contribution in [2.75, 3.05) is 18.4 Å². The van der Waals surface area contributed by atoms with Crippen molar-refractivity contribution in [2.45, 2.75) is 27.2 Å². The molecule has 0 aliphatic heterocycles. The number of hydrogen-bond donors (Lipinski definition) is 3. The number of rotatable bonds is 7. The van der Waals surface area contributed by atoms with Crippen LogP contribution in [0, 0.1) is 5.41 Å². The second-order valence-electron chi connectivity index (χ2n) is 4.86. The summed E-state index contributed by atoms with van der Waals surface area (Å²) in [4.78, 5) is 26.9. The van der Waals surface area contributed by atoms with Crippen molar-refractivity contribution in [1.82, 2.24) is 10.3 Å². The third-order valence-corrected chi connectivity index (χ3v) is 3.31. The Balaban J connectivity index is 2.76. The van der Waals surface area contributed by atoms with Gasteiger partial charge >= 0.3 is 5.97 Å². The number of hydrogen-bond acceptors (Lipinski definition) is 4. The summed E-state index contributed by atoms with van der Waals surface area (Å²) in [6.45, 7) is 6.18. The van der Waals surface area contributed by atoms with Gasteiger partial charge in [-0.3, -0.25) is 14.6 Å². The third-order valence-electron chi connectivity index (χ3n) is 3.31. The van der Waals surface area contributed by atoms with E-state index in [2.05, 4.69) is 15.6 Å². The van der Waals surface area contributed by atoms with Crippen molar-refractivity contribution >= 4 is 17.6 Å². The van der Waals surface area contributed by atoms with Gasteiger partial charge in [0, 0.05) is 25.0 Å². The molecular weight excluding hydrogens is 258 g/mol. The second-order valence-corrected chi connectivity index (χ2v) is 4.86. The van der Waals surface area contributed by atoms with Gasteiger partial charge in [0.1, 0.15) is 5.69 Å². The van der Waals surface area contributed by atoms with Gasteiger partial charge in [0.2, 0.25) is 0 Å². The highest BCUT2D eigenvalue weighted by Gasteiger charge is 2.30. The zero-order valence-electron chi connectivity index (χ0n) is 12.1. The second kappa shape index (κ2) is 6.88. The quantitative estimate of drug-likeness (QED) is 0.707. The van der Waals surface area contributed by atoms with Crippen LogP contribution >= 0.6 is 0 Å². The lowest BCUT2D eigenvalue weighted by Crippen LogP contribution is -2.34. The normalized spacial score (nSPS) is 13.3. The molecule has 0 saturated carbocycles. The first-order valence-corrected chi connectivity index (χ1v) is 6.64. The number of carbonyl (C=O) groups is 2. The first-order chi connectivity index (χ1) is 9.42. The molecule has 0 saturated heterocycles. The molecule has 6 nitrogen and oxygen atoms in total. The van der Waals surface area contributed by atoms with Crippen molar-refractivity contribution in [2.24, 2.45) is 5.41 Å². The number of aromatic nitrogens is 1. The number of pyridine rings is 1. The fourth-order valence-electron chi connectivity index (χ4n) is 1.56. The Morgan fingerprint density at radius 2 is 2.10 bits per heavy atom. The summed E-state index contributed by atoms with van der Waals surface area (Å²) >= 11 is 0. The van der Waals surface area contributed by atoms with Crippen molar-refractivity contribution in [3.63, 3.8) is 0 Å². The van der Waals surface area contributed by atoms with E-state index in [0.717, 1.165) is 0 Å². The van der Waals surface area contributed by atoms with Gasteiger partial charge in [-0.2, -0.15) is 0 Å². The average molecular weight is 279 g/mol. The lowest BCUT2D eigenvalue weighted by atomic mass is 9.87. The molecule has 0 aromatic carbocycles. The maximum atomic E-state index is 11.7. The Kier molecular flexibility index (Phi) is 5.49. The predicted octanol–water partition coefficient (Wildman–Crippen LogP) is 1.74. The number of nitrogens with zero attached hydrogens (tertiary/aromatic N) is 1. The largest absolute Gasteiger partial charge is 0.481 e. The molecule has 0 radical (unpaired) electrons. The van der Waals surface area contributed by atoms with E-state index in [4.69, 9.17) is 0 Å². The molecule has 3 N–H and O–H groups in total. The summed E-state index contributed by atoms with van der Waals surface area (Å²) in [5.74, 6) is -1.09. The summed E-state index contributed by atoms with van der Waals surface area (Å²) in [5, 5.41) is 14.9. The van der Waals surface area contributed by atoms with Gasteiger partial charge in [-0.05, 0) is 32.4 Å². The van der Waals surface area contributed by atoms with Crippen molar-refractivity contribution < 1.29 is 14.7 Å². The summed E-state index contributed by atoms with van der Waals surface area (Å²) in [5.41, 5.74) is 0.155. The number of aliphatic carboxylic acids is 1. The molecule has 1 aromatic heterocycles. The molecule has 0 bridgehead atoms. The number of carbonyl (C=O) groups excluding carboxylic acids is 1. The fraction of sp³-hybridized carbons (Fsp3) is 0.500. The molecule has 1 atom stereocenters. The molecule has 1 amide bonds. The average Bonchev–Trinajstić information content (AvgIpc) is 2.45. The van der Waals surface area contributed by atoms with E-state index >= 15 is 0 Å². The Morgan fingerprint density at radius 1 is 1.40 bits per heavy atom. The molecule has 1 rings (SSSR count). The van der Waals surface area contributed by atoms with E-state index in [1.54, 1.807) is 19.1 Å². The van der Waals surface area contributed by atoms with Gasteiger partial charge in [-0.15, -0.1) is 0 Å². The number of carboxylic acids is 1. The Hall–Kier alpha value is -2.11. The van der Waals surface area contributed by atoms with Crippen LogP contribution in [0.1, 0.15) is 37.7 Å². The maximum Gasteiger partial charge on any atom is 0.311 e. The van der Waals surface area contributed by atoms with Gasteiger partial charge in [0.15, 0.2) is 0 Å². The minimum Gasteiger partial charge on any atom is -0.481 e. The first kappa shape index (κ1) is 15.9. The van der Waals surface area contributed by atoms with Crippen LogP contribution in [0.4, 0.5) is 5.69 Å². The first-order valence-electron chi connectivity index (χ1n) is 6.64. The minimum atomic E-state index is -0.842. The molecule has 0 aliphatic carbocycles. The molecule has 20 heavy (non-hydrogen) atoms.